The van der Waals surface area contributed by atoms with Crippen LogP contribution in [0.3, 0.4) is 0 Å². The van der Waals surface area contributed by atoms with E-state index in [-0.39, 0.29) is 18.2 Å². The van der Waals surface area contributed by atoms with Crippen molar-refractivity contribution in [3.05, 3.63) is 71.0 Å². The topological polar surface area (TPSA) is 69.0 Å². The van der Waals surface area contributed by atoms with Gasteiger partial charge in [0.2, 0.25) is 0 Å². The summed E-state index contributed by atoms with van der Waals surface area (Å²) in [4.78, 5) is 12.8. The Labute approximate surface area is 165 Å². The largest absolute Gasteiger partial charge is 0.378 e. The van der Waals surface area contributed by atoms with Crippen molar-refractivity contribution in [2.45, 2.75) is 39.7 Å². The summed E-state index contributed by atoms with van der Waals surface area (Å²) in [5.41, 5.74) is 4.87. The molecule has 3 aromatic rings. The predicted octanol–water partition coefficient (Wildman–Crippen LogP) is 4.32. The Morgan fingerprint density at radius 3 is 2.46 bits per heavy atom. The summed E-state index contributed by atoms with van der Waals surface area (Å²) in [5.74, 6) is -0.299. The third kappa shape index (κ3) is 4.64. The Balaban J connectivity index is 1.80. The van der Waals surface area contributed by atoms with E-state index in [0.717, 1.165) is 36.2 Å². The zero-order valence-corrected chi connectivity index (χ0v) is 16.6. The highest BCUT2D eigenvalue weighted by molar-refractivity contribution is 6.03. The minimum atomic E-state index is -0.299. The summed E-state index contributed by atoms with van der Waals surface area (Å²) in [6, 6.07) is 15.8. The van der Waals surface area contributed by atoms with Gasteiger partial charge in [0.1, 0.15) is 5.69 Å². The molecule has 0 aliphatic rings. The highest BCUT2D eigenvalue weighted by Gasteiger charge is 2.20. The van der Waals surface area contributed by atoms with Crippen LogP contribution in [0.2, 0.25) is 0 Å². The van der Waals surface area contributed by atoms with E-state index in [0.29, 0.717) is 5.69 Å². The van der Waals surface area contributed by atoms with Crippen LogP contribution in [0.1, 0.15) is 47.1 Å². The fourth-order valence-corrected chi connectivity index (χ4v) is 2.96. The van der Waals surface area contributed by atoms with Gasteiger partial charge in [-0.1, -0.05) is 48.4 Å². The third-order valence-corrected chi connectivity index (χ3v) is 4.57. The fraction of sp³-hybridized carbons (Fsp3) is 0.318. The molecule has 2 aromatic carbocycles. The Bertz CT molecular complexity index is 915. The van der Waals surface area contributed by atoms with E-state index < -0.39 is 0 Å². The van der Waals surface area contributed by atoms with Crippen LogP contribution in [-0.4, -0.2) is 28.0 Å². The number of unbranched alkanes of at least 4 members (excludes halogenated alkanes) is 1. The number of methoxy groups -OCH3 is 1. The molecule has 0 saturated heterocycles. The molecule has 1 heterocycles. The molecule has 1 N–H and O–H groups in total. The number of rotatable bonds is 8. The standard InChI is InChI=1S/C22H26N4O2/c1-4-5-6-17-9-11-18(12-10-17)23-22(27)21-20(15-28-3)26(25-24-21)19-13-7-16(2)8-14-19/h7-14H,4-6,15H2,1-3H3,(H,23,27). The Morgan fingerprint density at radius 1 is 1.11 bits per heavy atom. The fourth-order valence-electron chi connectivity index (χ4n) is 2.96. The van der Waals surface area contributed by atoms with Gasteiger partial charge in [-0.2, -0.15) is 0 Å². The molecule has 1 amide bonds. The van der Waals surface area contributed by atoms with Gasteiger partial charge in [-0.3, -0.25) is 4.79 Å². The molecule has 0 bridgehead atoms. The first kappa shape index (κ1) is 19.8. The first-order chi connectivity index (χ1) is 13.6. The monoisotopic (exact) mass is 378 g/mol. The second kappa shape index (κ2) is 9.28. The molecule has 0 radical (unpaired) electrons. The molecule has 28 heavy (non-hydrogen) atoms. The van der Waals surface area contributed by atoms with Crippen molar-refractivity contribution in [3.63, 3.8) is 0 Å². The molecule has 146 valence electrons. The molecule has 0 unspecified atom stereocenters. The van der Waals surface area contributed by atoms with E-state index in [2.05, 4.69) is 22.6 Å². The van der Waals surface area contributed by atoms with Gasteiger partial charge < -0.3 is 10.1 Å². The van der Waals surface area contributed by atoms with E-state index in [1.807, 2.05) is 55.5 Å². The van der Waals surface area contributed by atoms with Crippen molar-refractivity contribution in [1.82, 2.24) is 15.0 Å². The van der Waals surface area contributed by atoms with Crippen molar-refractivity contribution >= 4 is 11.6 Å². The molecular formula is C22H26N4O2. The van der Waals surface area contributed by atoms with Crippen molar-refractivity contribution in [2.75, 3.05) is 12.4 Å². The van der Waals surface area contributed by atoms with Crippen molar-refractivity contribution in [2.24, 2.45) is 0 Å². The molecule has 0 spiro atoms. The molecule has 0 fully saturated rings. The number of amides is 1. The van der Waals surface area contributed by atoms with Crippen LogP contribution in [0.5, 0.6) is 0 Å². The maximum absolute atomic E-state index is 12.8. The number of carbonyl (C=O) groups excluding carboxylic acids is 1. The molecule has 0 aliphatic heterocycles. The molecule has 6 heteroatoms. The summed E-state index contributed by atoms with van der Waals surface area (Å²) < 4.78 is 6.93. The number of nitrogens with one attached hydrogen (secondary N) is 1. The van der Waals surface area contributed by atoms with Crippen LogP contribution in [0.4, 0.5) is 5.69 Å². The smallest absolute Gasteiger partial charge is 0.278 e. The lowest BCUT2D eigenvalue weighted by molar-refractivity contribution is 0.101. The lowest BCUT2D eigenvalue weighted by Crippen LogP contribution is -2.16. The van der Waals surface area contributed by atoms with E-state index >= 15 is 0 Å². The third-order valence-electron chi connectivity index (χ3n) is 4.57. The first-order valence-electron chi connectivity index (χ1n) is 9.53. The minimum absolute atomic E-state index is 0.236. The van der Waals surface area contributed by atoms with E-state index in [1.165, 1.54) is 5.56 Å². The molecule has 0 saturated carbocycles. The van der Waals surface area contributed by atoms with Crippen molar-refractivity contribution in [1.29, 1.82) is 0 Å². The average molecular weight is 378 g/mol. The average Bonchev–Trinajstić information content (AvgIpc) is 3.12. The van der Waals surface area contributed by atoms with Crippen LogP contribution in [0.25, 0.3) is 5.69 Å². The number of aromatic nitrogens is 3. The summed E-state index contributed by atoms with van der Waals surface area (Å²) in [5, 5.41) is 11.2. The van der Waals surface area contributed by atoms with Crippen LogP contribution >= 0.6 is 0 Å². The second-order valence-corrected chi connectivity index (χ2v) is 6.82. The van der Waals surface area contributed by atoms with Gasteiger partial charge in [0, 0.05) is 12.8 Å². The zero-order valence-electron chi connectivity index (χ0n) is 16.6. The van der Waals surface area contributed by atoms with Crippen LogP contribution in [-0.2, 0) is 17.8 Å². The SMILES string of the molecule is CCCCc1ccc(NC(=O)c2nnn(-c3ccc(C)cc3)c2COC)cc1. The van der Waals surface area contributed by atoms with E-state index in [1.54, 1.807) is 11.8 Å². The predicted molar refractivity (Wildman–Crippen MR) is 110 cm³/mol. The number of hydrogen-bond donors (Lipinski definition) is 1. The highest BCUT2D eigenvalue weighted by atomic mass is 16.5. The summed E-state index contributed by atoms with van der Waals surface area (Å²) in [6.07, 6.45) is 3.37. The Morgan fingerprint density at radius 2 is 1.82 bits per heavy atom. The lowest BCUT2D eigenvalue weighted by atomic mass is 10.1. The summed E-state index contributed by atoms with van der Waals surface area (Å²) in [7, 11) is 1.59. The lowest BCUT2D eigenvalue weighted by Gasteiger charge is -2.09. The normalized spacial score (nSPS) is 10.8. The number of ether oxygens (including phenoxy) is 1. The molecule has 0 atom stereocenters. The van der Waals surface area contributed by atoms with Crippen molar-refractivity contribution in [3.8, 4) is 5.69 Å². The number of nitrogens with zero attached hydrogens (tertiary/aromatic N) is 3. The van der Waals surface area contributed by atoms with Gasteiger partial charge in [-0.05, 0) is 49.6 Å². The van der Waals surface area contributed by atoms with Gasteiger partial charge in [0.25, 0.3) is 5.91 Å². The molecule has 6 nitrogen and oxygen atoms in total. The highest BCUT2D eigenvalue weighted by Crippen LogP contribution is 2.17. The summed E-state index contributed by atoms with van der Waals surface area (Å²) in [6.45, 7) is 4.43. The molecular weight excluding hydrogens is 352 g/mol. The Hall–Kier alpha value is -2.99. The van der Waals surface area contributed by atoms with Crippen LogP contribution in [0, 0.1) is 6.92 Å². The molecule has 3 rings (SSSR count). The van der Waals surface area contributed by atoms with Crippen LogP contribution < -0.4 is 5.32 Å². The molecule has 0 aliphatic carbocycles. The maximum Gasteiger partial charge on any atom is 0.278 e. The summed E-state index contributed by atoms with van der Waals surface area (Å²) >= 11 is 0. The van der Waals surface area contributed by atoms with Crippen LogP contribution in [0.15, 0.2) is 48.5 Å². The number of benzene rings is 2. The number of aryl methyl sites for hydroxylation is 2. The first-order valence-corrected chi connectivity index (χ1v) is 9.53. The van der Waals surface area contributed by atoms with E-state index in [9.17, 15) is 4.79 Å². The number of anilines is 1. The molecule has 1 aromatic heterocycles. The quantitative estimate of drug-likeness (QED) is 0.634. The van der Waals surface area contributed by atoms with Gasteiger partial charge >= 0.3 is 0 Å². The Kier molecular flexibility index (Phi) is 6.55. The second-order valence-electron chi connectivity index (χ2n) is 6.82. The van der Waals surface area contributed by atoms with E-state index in [4.69, 9.17) is 4.74 Å². The number of hydrogen-bond acceptors (Lipinski definition) is 4. The van der Waals surface area contributed by atoms with Gasteiger partial charge in [-0.25, -0.2) is 4.68 Å². The maximum atomic E-state index is 12.8. The number of carbonyl (C=O) groups is 1. The zero-order chi connectivity index (χ0) is 19.9. The van der Waals surface area contributed by atoms with Gasteiger partial charge in [0.05, 0.1) is 12.3 Å². The van der Waals surface area contributed by atoms with Gasteiger partial charge in [-0.15, -0.1) is 5.10 Å². The van der Waals surface area contributed by atoms with Crippen molar-refractivity contribution < 1.29 is 9.53 Å². The van der Waals surface area contributed by atoms with Gasteiger partial charge in [0.15, 0.2) is 5.69 Å². The minimum Gasteiger partial charge on any atom is -0.378 e.